The molecule has 0 saturated heterocycles. The lowest BCUT2D eigenvalue weighted by Gasteiger charge is -2.12. The molecule has 0 heterocycles. The summed E-state index contributed by atoms with van der Waals surface area (Å²) in [5, 5.41) is 10.7. The van der Waals surface area contributed by atoms with Gasteiger partial charge in [-0.15, -0.1) is 13.2 Å². The number of amides is 1. The van der Waals surface area contributed by atoms with E-state index in [0.29, 0.717) is 0 Å². The van der Waals surface area contributed by atoms with Gasteiger partial charge in [0.2, 0.25) is 0 Å². The number of nitriles is 1. The van der Waals surface area contributed by atoms with Crippen LogP contribution >= 0.6 is 15.9 Å². The van der Waals surface area contributed by atoms with E-state index in [4.69, 9.17) is 10.00 Å². The van der Waals surface area contributed by atoms with Gasteiger partial charge in [-0.05, 0) is 34.1 Å². The first kappa shape index (κ1) is 17.1. The summed E-state index contributed by atoms with van der Waals surface area (Å²) in [6, 6.07) is 5.43. The number of alkyl halides is 3. The van der Waals surface area contributed by atoms with Gasteiger partial charge in [0.25, 0.3) is 5.91 Å². The van der Waals surface area contributed by atoms with Crippen molar-refractivity contribution >= 4 is 21.8 Å². The second kappa shape index (κ2) is 7.73. The molecule has 0 fully saturated rings. The second-order valence-corrected chi connectivity index (χ2v) is 4.54. The molecular formula is C12H10BrF3N2O3. The van der Waals surface area contributed by atoms with Gasteiger partial charge in [0.05, 0.1) is 17.0 Å². The lowest BCUT2D eigenvalue weighted by Crippen LogP contribution is -2.29. The predicted octanol–water partition coefficient (Wildman–Crippen LogP) is 2.76. The van der Waals surface area contributed by atoms with Crippen LogP contribution in [0.25, 0.3) is 0 Å². The summed E-state index contributed by atoms with van der Waals surface area (Å²) < 4.78 is 45.1. The zero-order valence-corrected chi connectivity index (χ0v) is 12.1. The van der Waals surface area contributed by atoms with Crippen molar-refractivity contribution in [2.45, 2.75) is 12.8 Å². The summed E-state index contributed by atoms with van der Waals surface area (Å²) in [4.78, 5) is 11.3. The summed E-state index contributed by atoms with van der Waals surface area (Å²) in [7, 11) is 0. The Morgan fingerprint density at radius 1 is 1.43 bits per heavy atom. The Morgan fingerprint density at radius 3 is 2.71 bits per heavy atom. The van der Waals surface area contributed by atoms with Gasteiger partial charge in [0, 0.05) is 6.54 Å². The number of carbonyl (C=O) groups is 1. The second-order valence-electron chi connectivity index (χ2n) is 3.69. The zero-order valence-electron chi connectivity index (χ0n) is 10.5. The first-order valence-electron chi connectivity index (χ1n) is 5.63. The summed E-state index contributed by atoms with van der Waals surface area (Å²) in [5.41, 5.74) is 0. The Labute approximate surface area is 126 Å². The van der Waals surface area contributed by atoms with E-state index in [0.717, 1.165) is 6.07 Å². The van der Waals surface area contributed by atoms with Gasteiger partial charge in [-0.2, -0.15) is 5.26 Å². The molecule has 0 radical (unpaired) electrons. The molecule has 0 unspecified atom stereocenters. The molecule has 9 heteroatoms. The highest BCUT2D eigenvalue weighted by Gasteiger charge is 2.32. The molecule has 0 atom stereocenters. The van der Waals surface area contributed by atoms with Gasteiger partial charge < -0.3 is 14.8 Å². The van der Waals surface area contributed by atoms with Crippen molar-refractivity contribution in [3.8, 4) is 17.6 Å². The number of benzene rings is 1. The highest BCUT2D eigenvalue weighted by molar-refractivity contribution is 9.10. The maximum Gasteiger partial charge on any atom is 0.573 e. The third-order valence-corrected chi connectivity index (χ3v) is 2.68. The topological polar surface area (TPSA) is 71.4 Å². The Bertz CT molecular complexity index is 544. The van der Waals surface area contributed by atoms with E-state index >= 15 is 0 Å². The molecule has 0 spiro atoms. The van der Waals surface area contributed by atoms with Gasteiger partial charge in [0.15, 0.2) is 6.61 Å². The van der Waals surface area contributed by atoms with Crippen molar-refractivity contribution in [1.29, 1.82) is 5.26 Å². The number of nitrogens with one attached hydrogen (secondary N) is 1. The molecule has 0 aliphatic heterocycles. The van der Waals surface area contributed by atoms with E-state index < -0.39 is 18.0 Å². The van der Waals surface area contributed by atoms with Gasteiger partial charge in [-0.1, -0.05) is 0 Å². The monoisotopic (exact) mass is 366 g/mol. The summed E-state index contributed by atoms with van der Waals surface area (Å²) in [5.74, 6) is -0.642. The number of nitrogens with zero attached hydrogens (tertiary/aromatic N) is 1. The van der Waals surface area contributed by atoms with E-state index in [-0.39, 0.29) is 29.8 Å². The number of rotatable bonds is 6. The lowest BCUT2D eigenvalue weighted by molar-refractivity contribution is -0.274. The highest BCUT2D eigenvalue weighted by Crippen LogP contribution is 2.33. The van der Waals surface area contributed by atoms with E-state index in [1.54, 1.807) is 0 Å². The molecule has 0 aliphatic carbocycles. The minimum Gasteiger partial charge on any atom is -0.484 e. The van der Waals surface area contributed by atoms with Crippen LogP contribution < -0.4 is 14.8 Å². The van der Waals surface area contributed by atoms with Crippen molar-refractivity contribution in [2.24, 2.45) is 0 Å². The third kappa shape index (κ3) is 6.85. The fourth-order valence-electron chi connectivity index (χ4n) is 1.24. The number of halogens is 4. The number of ether oxygens (including phenoxy) is 2. The molecule has 5 nitrogen and oxygen atoms in total. The molecule has 0 saturated carbocycles. The van der Waals surface area contributed by atoms with Crippen LogP contribution in [0.3, 0.4) is 0 Å². The SMILES string of the molecule is N#CCCNC(=O)COc1ccc(OC(F)(F)F)c(Br)c1. The Kier molecular flexibility index (Phi) is 6.30. The van der Waals surface area contributed by atoms with Crippen molar-refractivity contribution in [3.05, 3.63) is 22.7 Å². The predicted molar refractivity (Wildman–Crippen MR) is 69.6 cm³/mol. The quantitative estimate of drug-likeness (QED) is 0.785. The number of hydrogen-bond acceptors (Lipinski definition) is 4. The molecule has 0 bridgehead atoms. The molecule has 1 rings (SSSR count). The van der Waals surface area contributed by atoms with Crippen molar-refractivity contribution in [3.63, 3.8) is 0 Å². The zero-order chi connectivity index (χ0) is 15.9. The summed E-state index contributed by atoms with van der Waals surface area (Å²) >= 11 is 2.92. The van der Waals surface area contributed by atoms with Crippen molar-refractivity contribution in [1.82, 2.24) is 5.32 Å². The van der Waals surface area contributed by atoms with E-state index in [1.165, 1.54) is 12.1 Å². The van der Waals surface area contributed by atoms with Gasteiger partial charge >= 0.3 is 6.36 Å². The number of hydrogen-bond donors (Lipinski definition) is 1. The molecule has 114 valence electrons. The number of carbonyl (C=O) groups excluding carboxylic acids is 1. The van der Waals surface area contributed by atoms with Crippen molar-refractivity contribution in [2.75, 3.05) is 13.2 Å². The third-order valence-electron chi connectivity index (χ3n) is 2.06. The van der Waals surface area contributed by atoms with Gasteiger partial charge in [-0.3, -0.25) is 4.79 Å². The largest absolute Gasteiger partial charge is 0.573 e. The van der Waals surface area contributed by atoms with Crippen LogP contribution in [0, 0.1) is 11.3 Å². The van der Waals surface area contributed by atoms with Crippen LogP contribution in [0.5, 0.6) is 11.5 Å². The highest BCUT2D eigenvalue weighted by atomic mass is 79.9. The normalized spacial score (nSPS) is 10.6. The standard InChI is InChI=1S/C12H10BrF3N2O3/c13-9-6-8(2-3-10(9)21-12(14,15)16)20-7-11(19)18-5-1-4-17/h2-3,6H,1,5,7H2,(H,18,19). The average Bonchev–Trinajstić information content (AvgIpc) is 2.38. The van der Waals surface area contributed by atoms with Crippen LogP contribution in [-0.2, 0) is 4.79 Å². The minimum atomic E-state index is -4.79. The van der Waals surface area contributed by atoms with Crippen LogP contribution in [0.15, 0.2) is 22.7 Å². The van der Waals surface area contributed by atoms with Crippen LogP contribution in [0.1, 0.15) is 6.42 Å². The first-order chi connectivity index (χ1) is 9.81. The molecule has 0 aliphatic rings. The van der Waals surface area contributed by atoms with E-state index in [2.05, 4.69) is 26.0 Å². The molecule has 0 aromatic heterocycles. The van der Waals surface area contributed by atoms with Crippen LogP contribution in [0.2, 0.25) is 0 Å². The van der Waals surface area contributed by atoms with Crippen molar-refractivity contribution < 1.29 is 27.4 Å². The molecule has 1 N–H and O–H groups in total. The lowest BCUT2D eigenvalue weighted by atomic mass is 10.3. The molecule has 1 aromatic rings. The maximum absolute atomic E-state index is 12.1. The van der Waals surface area contributed by atoms with E-state index in [1.807, 2.05) is 6.07 Å². The van der Waals surface area contributed by atoms with E-state index in [9.17, 15) is 18.0 Å². The molecule has 21 heavy (non-hydrogen) atoms. The summed E-state index contributed by atoms with van der Waals surface area (Å²) in [6.45, 7) is -0.0991. The average molecular weight is 367 g/mol. The molecule has 1 amide bonds. The Balaban J connectivity index is 2.52. The van der Waals surface area contributed by atoms with Gasteiger partial charge in [-0.25, -0.2) is 0 Å². The Morgan fingerprint density at radius 2 is 2.14 bits per heavy atom. The Hall–Kier alpha value is -1.95. The first-order valence-corrected chi connectivity index (χ1v) is 6.43. The fraction of sp³-hybridized carbons (Fsp3) is 0.333. The fourth-order valence-corrected chi connectivity index (χ4v) is 1.68. The van der Waals surface area contributed by atoms with Gasteiger partial charge in [0.1, 0.15) is 11.5 Å². The van der Waals surface area contributed by atoms with Crippen LogP contribution in [-0.4, -0.2) is 25.4 Å². The summed E-state index contributed by atoms with van der Waals surface area (Å²) in [6.07, 6.45) is -4.60. The minimum absolute atomic E-state index is 0.0437. The maximum atomic E-state index is 12.1. The van der Waals surface area contributed by atoms with Crippen LogP contribution in [0.4, 0.5) is 13.2 Å². The molecule has 1 aromatic carbocycles. The smallest absolute Gasteiger partial charge is 0.484 e. The molecular weight excluding hydrogens is 357 g/mol.